The number of hydrogen-bond donors (Lipinski definition) is 0. The molecule has 0 aromatic heterocycles. The van der Waals surface area contributed by atoms with Crippen LogP contribution in [0, 0.1) is 6.92 Å². The van der Waals surface area contributed by atoms with Gasteiger partial charge in [-0.1, -0.05) is 134 Å². The maximum Gasteiger partial charge on any atom is 0.119 e. The maximum atomic E-state index is 5.77. The van der Waals surface area contributed by atoms with Gasteiger partial charge in [-0.3, -0.25) is 0 Å². The summed E-state index contributed by atoms with van der Waals surface area (Å²) in [7, 11) is 0. The van der Waals surface area contributed by atoms with Crippen LogP contribution >= 0.6 is 0 Å². The second-order valence-corrected chi connectivity index (χ2v) is 10.2. The SMILES string of the molecule is CCOc1ccc(N(c2ccc(C=CC=Cc3ccccc3)cc2)c2ccc(C=CC=Cc3ccccc3)cc2)c(C)c1. The van der Waals surface area contributed by atoms with Gasteiger partial charge in [-0.15, -0.1) is 0 Å². The van der Waals surface area contributed by atoms with Crippen LogP contribution in [0.1, 0.15) is 34.7 Å². The predicted octanol–water partition coefficient (Wildman–Crippen LogP) is 11.3. The first-order valence-electron chi connectivity index (χ1n) is 14.7. The Bertz CT molecular complexity index is 1590. The Hall–Kier alpha value is -5.34. The zero-order valence-electron chi connectivity index (χ0n) is 24.8. The van der Waals surface area contributed by atoms with Crippen LogP contribution in [0.5, 0.6) is 5.75 Å². The van der Waals surface area contributed by atoms with Gasteiger partial charge in [-0.2, -0.15) is 0 Å². The van der Waals surface area contributed by atoms with Gasteiger partial charge in [0, 0.05) is 17.1 Å². The molecule has 0 N–H and O–H groups in total. The molecule has 0 atom stereocenters. The molecule has 0 amide bonds. The van der Waals surface area contributed by atoms with Gasteiger partial charge in [-0.05, 0) is 84.1 Å². The van der Waals surface area contributed by atoms with Crippen LogP contribution < -0.4 is 9.64 Å². The van der Waals surface area contributed by atoms with Crippen LogP contribution in [0.4, 0.5) is 17.1 Å². The van der Waals surface area contributed by atoms with E-state index in [4.69, 9.17) is 4.74 Å². The lowest BCUT2D eigenvalue weighted by Crippen LogP contribution is -2.11. The summed E-state index contributed by atoms with van der Waals surface area (Å²) in [4.78, 5) is 2.30. The summed E-state index contributed by atoms with van der Waals surface area (Å²) in [6, 6.07) is 44.3. The first kappa shape index (κ1) is 29.2. The second-order valence-electron chi connectivity index (χ2n) is 10.2. The van der Waals surface area contributed by atoms with Gasteiger partial charge < -0.3 is 9.64 Å². The van der Waals surface area contributed by atoms with E-state index >= 15 is 0 Å². The molecule has 0 saturated carbocycles. The number of anilines is 3. The fourth-order valence-electron chi connectivity index (χ4n) is 4.83. The van der Waals surface area contributed by atoms with E-state index < -0.39 is 0 Å². The molecule has 0 aliphatic carbocycles. The fourth-order valence-corrected chi connectivity index (χ4v) is 4.83. The smallest absolute Gasteiger partial charge is 0.119 e. The van der Waals surface area contributed by atoms with Gasteiger partial charge in [0.15, 0.2) is 0 Å². The molecular formula is C41H37NO. The van der Waals surface area contributed by atoms with Crippen molar-refractivity contribution in [2.24, 2.45) is 0 Å². The van der Waals surface area contributed by atoms with Gasteiger partial charge in [0.1, 0.15) is 5.75 Å². The van der Waals surface area contributed by atoms with Crippen molar-refractivity contribution in [1.82, 2.24) is 0 Å². The zero-order chi connectivity index (χ0) is 29.7. The van der Waals surface area contributed by atoms with Crippen molar-refractivity contribution in [3.63, 3.8) is 0 Å². The van der Waals surface area contributed by atoms with Gasteiger partial charge in [0.25, 0.3) is 0 Å². The summed E-state index contributed by atoms with van der Waals surface area (Å²) in [5.74, 6) is 0.886. The highest BCUT2D eigenvalue weighted by Gasteiger charge is 2.15. The summed E-state index contributed by atoms with van der Waals surface area (Å²) < 4.78 is 5.77. The van der Waals surface area contributed by atoms with Gasteiger partial charge in [-0.25, -0.2) is 0 Å². The number of nitrogens with zero attached hydrogens (tertiary/aromatic N) is 1. The number of rotatable bonds is 11. The van der Waals surface area contributed by atoms with Crippen molar-refractivity contribution < 1.29 is 4.74 Å². The highest BCUT2D eigenvalue weighted by molar-refractivity contribution is 5.80. The van der Waals surface area contributed by atoms with Crippen molar-refractivity contribution >= 4 is 41.4 Å². The van der Waals surface area contributed by atoms with Crippen LogP contribution in [0.15, 0.2) is 152 Å². The normalized spacial score (nSPS) is 11.7. The van der Waals surface area contributed by atoms with Gasteiger partial charge in [0.05, 0.1) is 6.61 Å². The third-order valence-electron chi connectivity index (χ3n) is 7.00. The van der Waals surface area contributed by atoms with Crippen LogP contribution in [0.2, 0.25) is 0 Å². The minimum absolute atomic E-state index is 0.646. The molecule has 0 bridgehead atoms. The Labute approximate surface area is 256 Å². The quantitative estimate of drug-likeness (QED) is 0.149. The van der Waals surface area contributed by atoms with E-state index in [1.54, 1.807) is 0 Å². The Morgan fingerprint density at radius 1 is 0.512 bits per heavy atom. The highest BCUT2D eigenvalue weighted by Crippen LogP contribution is 2.38. The third kappa shape index (κ3) is 8.34. The summed E-state index contributed by atoms with van der Waals surface area (Å²) in [6.45, 7) is 4.79. The van der Waals surface area contributed by atoms with Crippen LogP contribution in [-0.4, -0.2) is 6.61 Å². The van der Waals surface area contributed by atoms with Crippen molar-refractivity contribution in [2.75, 3.05) is 11.5 Å². The number of benzene rings is 5. The molecule has 0 unspecified atom stereocenters. The van der Waals surface area contributed by atoms with Gasteiger partial charge >= 0.3 is 0 Å². The summed E-state index contributed by atoms with van der Waals surface area (Å²) in [5, 5.41) is 0. The van der Waals surface area contributed by atoms with Crippen molar-refractivity contribution in [3.05, 3.63) is 180 Å². The first-order chi connectivity index (χ1) is 21.2. The van der Waals surface area contributed by atoms with E-state index in [9.17, 15) is 0 Å². The molecule has 43 heavy (non-hydrogen) atoms. The number of allylic oxidation sites excluding steroid dienone is 4. The van der Waals surface area contributed by atoms with Crippen LogP contribution in [-0.2, 0) is 0 Å². The topological polar surface area (TPSA) is 12.5 Å². The summed E-state index contributed by atoms with van der Waals surface area (Å²) >= 11 is 0. The monoisotopic (exact) mass is 559 g/mol. The zero-order valence-corrected chi connectivity index (χ0v) is 24.8. The molecule has 2 nitrogen and oxygen atoms in total. The number of hydrogen-bond acceptors (Lipinski definition) is 2. The molecule has 0 saturated heterocycles. The third-order valence-corrected chi connectivity index (χ3v) is 7.00. The summed E-state index contributed by atoms with van der Waals surface area (Å²) in [5.41, 5.74) is 9.13. The lowest BCUT2D eigenvalue weighted by molar-refractivity contribution is 0.340. The number of aryl methyl sites for hydroxylation is 1. The first-order valence-corrected chi connectivity index (χ1v) is 14.7. The second kappa shape index (κ2) is 15.0. The average molecular weight is 560 g/mol. The molecular weight excluding hydrogens is 522 g/mol. The minimum Gasteiger partial charge on any atom is -0.494 e. The lowest BCUT2D eigenvalue weighted by Gasteiger charge is -2.27. The van der Waals surface area contributed by atoms with Crippen molar-refractivity contribution in [2.45, 2.75) is 13.8 Å². The highest BCUT2D eigenvalue weighted by atomic mass is 16.5. The van der Waals surface area contributed by atoms with Crippen molar-refractivity contribution in [1.29, 1.82) is 0 Å². The largest absolute Gasteiger partial charge is 0.494 e. The summed E-state index contributed by atoms with van der Waals surface area (Å²) in [6.07, 6.45) is 16.8. The Morgan fingerprint density at radius 2 is 0.930 bits per heavy atom. The predicted molar refractivity (Wildman–Crippen MR) is 186 cm³/mol. The van der Waals surface area contributed by atoms with Gasteiger partial charge in [0.2, 0.25) is 0 Å². The average Bonchev–Trinajstić information content (AvgIpc) is 3.05. The van der Waals surface area contributed by atoms with Crippen LogP contribution in [0.25, 0.3) is 24.3 Å². The van der Waals surface area contributed by atoms with Crippen molar-refractivity contribution in [3.8, 4) is 5.75 Å². The van der Waals surface area contributed by atoms with E-state index in [1.165, 1.54) is 11.1 Å². The molecule has 0 fully saturated rings. The van der Waals surface area contributed by atoms with E-state index in [0.29, 0.717) is 6.61 Å². The molecule has 5 aromatic rings. The minimum atomic E-state index is 0.646. The standard InChI is InChI=1S/C41H37NO/c1-3-43-40-30-31-41(33(2)32-40)42(38-26-22-36(23-27-38)20-12-10-18-34-14-6-4-7-15-34)39-28-24-37(25-29-39)21-13-11-19-35-16-8-5-9-17-35/h4-32H,3H2,1-2H3. The fraction of sp³-hybridized carbons (Fsp3) is 0.0732. The van der Waals surface area contributed by atoms with E-state index in [1.807, 2.05) is 25.1 Å². The number of ether oxygens (including phenoxy) is 1. The Balaban J connectivity index is 1.38. The molecule has 0 heterocycles. The molecule has 0 spiro atoms. The molecule has 212 valence electrons. The molecule has 2 heteroatoms. The van der Waals surface area contributed by atoms with E-state index in [-0.39, 0.29) is 0 Å². The Morgan fingerprint density at radius 3 is 1.33 bits per heavy atom. The Kier molecular flexibility index (Phi) is 10.2. The lowest BCUT2D eigenvalue weighted by atomic mass is 10.1. The molecule has 5 aromatic carbocycles. The molecule has 5 rings (SSSR count). The molecule has 0 aliphatic heterocycles. The maximum absolute atomic E-state index is 5.77. The molecule has 0 radical (unpaired) electrons. The van der Waals surface area contributed by atoms with Crippen LogP contribution in [0.3, 0.4) is 0 Å². The van der Waals surface area contributed by atoms with E-state index in [2.05, 4.69) is 170 Å². The van der Waals surface area contributed by atoms with E-state index in [0.717, 1.165) is 39.5 Å². The molecule has 0 aliphatic rings.